The summed E-state index contributed by atoms with van der Waals surface area (Å²) in [5, 5.41) is 9.60. The molecule has 1 saturated heterocycles. The number of aromatic nitrogens is 2. The van der Waals surface area contributed by atoms with Crippen LogP contribution in [-0.2, 0) is 4.74 Å². The highest BCUT2D eigenvalue weighted by atomic mass is 16.6. The summed E-state index contributed by atoms with van der Waals surface area (Å²) in [6.45, 7) is 0.230. The third-order valence-electron chi connectivity index (χ3n) is 2.70. The van der Waals surface area contributed by atoms with Crippen LogP contribution >= 0.6 is 0 Å². The van der Waals surface area contributed by atoms with Crippen LogP contribution in [0.4, 0.5) is 0 Å². The van der Waals surface area contributed by atoms with Crippen LogP contribution in [0.3, 0.4) is 0 Å². The molecule has 0 saturated carbocycles. The van der Waals surface area contributed by atoms with E-state index in [4.69, 9.17) is 9.47 Å². The largest absolute Gasteiger partial charge is 0.462 e. The molecule has 3 heterocycles. The number of hydrogen-bond donors (Lipinski definition) is 1. The molecule has 2 aliphatic rings. The Kier molecular flexibility index (Phi) is 1.80. The quantitative estimate of drug-likeness (QED) is 0.612. The number of aliphatic hydroxyl groups excluding tert-OH is 1. The van der Waals surface area contributed by atoms with E-state index < -0.39 is 6.10 Å². The monoisotopic (exact) mass is 210 g/mol. The summed E-state index contributed by atoms with van der Waals surface area (Å²) in [5.41, 5.74) is -0.334. The van der Waals surface area contributed by atoms with Crippen molar-refractivity contribution in [1.29, 1.82) is 0 Å². The maximum Gasteiger partial charge on any atom is 0.301 e. The summed E-state index contributed by atoms with van der Waals surface area (Å²) >= 11 is 0. The molecule has 0 spiro atoms. The van der Waals surface area contributed by atoms with Gasteiger partial charge in [0.1, 0.15) is 18.9 Å². The van der Waals surface area contributed by atoms with Gasteiger partial charge in [-0.1, -0.05) is 0 Å². The van der Waals surface area contributed by atoms with Gasteiger partial charge >= 0.3 is 6.01 Å². The highest BCUT2D eigenvalue weighted by Crippen LogP contribution is 2.33. The Morgan fingerprint density at radius 3 is 3.33 bits per heavy atom. The van der Waals surface area contributed by atoms with E-state index in [0.29, 0.717) is 6.42 Å². The van der Waals surface area contributed by atoms with Crippen LogP contribution in [-0.4, -0.2) is 33.5 Å². The average Bonchev–Trinajstić information content (AvgIpc) is 2.46. The second kappa shape index (κ2) is 3.04. The molecule has 2 aliphatic heterocycles. The van der Waals surface area contributed by atoms with Crippen molar-refractivity contribution in [2.24, 2.45) is 0 Å². The van der Waals surface area contributed by atoms with Gasteiger partial charge in [-0.15, -0.1) is 0 Å². The Morgan fingerprint density at radius 2 is 2.47 bits per heavy atom. The lowest BCUT2D eigenvalue weighted by Crippen LogP contribution is -2.28. The van der Waals surface area contributed by atoms with E-state index in [0.717, 1.165) is 0 Å². The zero-order chi connectivity index (χ0) is 10.4. The minimum atomic E-state index is -0.512. The van der Waals surface area contributed by atoms with Crippen LogP contribution in [0.2, 0.25) is 0 Å². The van der Waals surface area contributed by atoms with Crippen molar-refractivity contribution in [2.75, 3.05) is 6.61 Å². The highest BCUT2D eigenvalue weighted by molar-refractivity contribution is 5.04. The molecule has 80 valence electrons. The van der Waals surface area contributed by atoms with E-state index in [1.165, 1.54) is 6.07 Å². The standard InChI is InChI=1S/C9H10N2O4/c12-5-3-8-11-2-1-7(13)10-9(11)14-4-6(5)15-8/h1-2,5-6,8,12H,3-4H2/t5-,6?,8-/m1/s1. The molecule has 1 aromatic heterocycles. The Bertz CT molecular complexity index is 444. The molecule has 1 aromatic rings. The van der Waals surface area contributed by atoms with Crippen LogP contribution in [0.5, 0.6) is 6.01 Å². The van der Waals surface area contributed by atoms with Gasteiger partial charge in [0.15, 0.2) is 0 Å². The topological polar surface area (TPSA) is 73.6 Å². The van der Waals surface area contributed by atoms with Crippen molar-refractivity contribution in [3.63, 3.8) is 0 Å². The zero-order valence-corrected chi connectivity index (χ0v) is 7.87. The molecule has 3 rings (SSSR count). The Hall–Kier alpha value is -1.40. The summed E-state index contributed by atoms with van der Waals surface area (Å²) in [5.74, 6) is 0. The van der Waals surface area contributed by atoms with E-state index in [9.17, 15) is 9.90 Å². The maximum absolute atomic E-state index is 11.0. The summed E-state index contributed by atoms with van der Waals surface area (Å²) in [4.78, 5) is 14.8. The third kappa shape index (κ3) is 1.33. The number of hydrogen-bond acceptors (Lipinski definition) is 5. The molecule has 1 N–H and O–H groups in total. The molecule has 0 radical (unpaired) electrons. The van der Waals surface area contributed by atoms with E-state index >= 15 is 0 Å². The predicted molar refractivity (Wildman–Crippen MR) is 48.5 cm³/mol. The van der Waals surface area contributed by atoms with E-state index in [1.807, 2.05) is 0 Å². The van der Waals surface area contributed by atoms with Gasteiger partial charge in [0.05, 0.1) is 6.10 Å². The van der Waals surface area contributed by atoms with Crippen LogP contribution < -0.4 is 10.3 Å². The lowest BCUT2D eigenvalue weighted by molar-refractivity contribution is -0.0204. The van der Waals surface area contributed by atoms with Gasteiger partial charge in [-0.3, -0.25) is 9.36 Å². The number of aliphatic hydroxyl groups is 1. The first kappa shape index (κ1) is 8.87. The molecule has 1 fully saturated rings. The van der Waals surface area contributed by atoms with Crippen LogP contribution in [0.25, 0.3) is 0 Å². The molecule has 1 unspecified atom stereocenters. The first-order valence-electron chi connectivity index (χ1n) is 4.79. The second-order valence-electron chi connectivity index (χ2n) is 3.70. The first-order valence-corrected chi connectivity index (χ1v) is 4.79. The fourth-order valence-corrected chi connectivity index (χ4v) is 1.92. The SMILES string of the molecule is O=c1ccn2c(n1)OCC1O[C@@H]2C[C@H]1O. The van der Waals surface area contributed by atoms with Gasteiger partial charge in [0.25, 0.3) is 5.56 Å². The van der Waals surface area contributed by atoms with Crippen LogP contribution in [0.1, 0.15) is 12.6 Å². The smallest absolute Gasteiger partial charge is 0.301 e. The van der Waals surface area contributed by atoms with Gasteiger partial charge < -0.3 is 14.6 Å². The normalized spacial score (nSPS) is 33.0. The van der Waals surface area contributed by atoms with E-state index in [2.05, 4.69) is 4.98 Å². The van der Waals surface area contributed by atoms with Gasteiger partial charge in [-0.2, -0.15) is 4.98 Å². The van der Waals surface area contributed by atoms with Gasteiger partial charge in [0, 0.05) is 18.7 Å². The molecule has 6 nitrogen and oxygen atoms in total. The van der Waals surface area contributed by atoms with Gasteiger partial charge in [0.2, 0.25) is 0 Å². The van der Waals surface area contributed by atoms with Crippen molar-refractivity contribution in [3.8, 4) is 6.01 Å². The zero-order valence-electron chi connectivity index (χ0n) is 7.87. The minimum absolute atomic E-state index is 0.230. The summed E-state index contributed by atoms with van der Waals surface area (Å²) in [6.07, 6.45) is 0.964. The van der Waals surface area contributed by atoms with Crippen molar-refractivity contribution in [1.82, 2.24) is 9.55 Å². The van der Waals surface area contributed by atoms with Gasteiger partial charge in [-0.05, 0) is 0 Å². The lowest BCUT2D eigenvalue weighted by Gasteiger charge is -2.15. The summed E-state index contributed by atoms with van der Waals surface area (Å²) < 4.78 is 12.5. The molecular formula is C9H10N2O4. The number of nitrogens with zero attached hydrogens (tertiary/aromatic N) is 2. The van der Waals surface area contributed by atoms with Crippen LogP contribution in [0, 0.1) is 0 Å². The highest BCUT2D eigenvalue weighted by Gasteiger charge is 2.38. The molecular weight excluding hydrogens is 200 g/mol. The van der Waals surface area contributed by atoms with E-state index in [-0.39, 0.29) is 30.5 Å². The molecule has 0 amide bonds. The minimum Gasteiger partial charge on any atom is -0.462 e. The fraction of sp³-hybridized carbons (Fsp3) is 0.556. The molecule has 0 aromatic carbocycles. The lowest BCUT2D eigenvalue weighted by atomic mass is 10.2. The average molecular weight is 210 g/mol. The van der Waals surface area contributed by atoms with Crippen molar-refractivity contribution >= 4 is 0 Å². The fourth-order valence-electron chi connectivity index (χ4n) is 1.92. The molecule has 6 heteroatoms. The predicted octanol–water partition coefficient (Wildman–Crippen LogP) is -0.716. The van der Waals surface area contributed by atoms with Crippen molar-refractivity contribution in [3.05, 3.63) is 22.6 Å². The second-order valence-corrected chi connectivity index (χ2v) is 3.70. The Labute approximate surface area is 85.1 Å². The number of fused-ring (bicyclic) bond motifs is 4. The summed E-state index contributed by atoms with van der Waals surface area (Å²) in [7, 11) is 0. The number of ether oxygens (including phenoxy) is 2. The van der Waals surface area contributed by atoms with Crippen molar-refractivity contribution in [2.45, 2.75) is 24.9 Å². The molecule has 3 atom stereocenters. The molecule has 0 aliphatic carbocycles. The molecule has 15 heavy (non-hydrogen) atoms. The Balaban J connectivity index is 2.07. The maximum atomic E-state index is 11.0. The number of rotatable bonds is 0. The Morgan fingerprint density at radius 1 is 1.60 bits per heavy atom. The van der Waals surface area contributed by atoms with Crippen LogP contribution in [0.15, 0.2) is 17.1 Å². The third-order valence-corrected chi connectivity index (χ3v) is 2.70. The summed E-state index contributed by atoms with van der Waals surface area (Å²) in [6, 6.07) is 1.61. The first-order chi connectivity index (χ1) is 7.24. The molecule has 2 bridgehead atoms. The van der Waals surface area contributed by atoms with Gasteiger partial charge in [-0.25, -0.2) is 0 Å². The van der Waals surface area contributed by atoms with E-state index in [1.54, 1.807) is 10.8 Å². The van der Waals surface area contributed by atoms with Crippen molar-refractivity contribution < 1.29 is 14.6 Å².